The Labute approximate surface area is 180 Å². The Kier molecular flexibility index (Phi) is 5.51. The molecule has 0 amide bonds. The van der Waals surface area contributed by atoms with Gasteiger partial charge < -0.3 is 30.2 Å². The molecule has 2 aromatic carbocycles. The lowest BCUT2D eigenvalue weighted by atomic mass is 9.62. The van der Waals surface area contributed by atoms with Gasteiger partial charge in [-0.2, -0.15) is 5.10 Å². The minimum Gasteiger partial charge on any atom is -0.851 e. The van der Waals surface area contributed by atoms with Gasteiger partial charge in [0.15, 0.2) is 0 Å². The number of nitrogens with zero attached hydrogens (tertiary/aromatic N) is 2. The fourth-order valence-electron chi connectivity index (χ4n) is 4.38. The summed E-state index contributed by atoms with van der Waals surface area (Å²) in [7, 11) is 6.20. The second-order valence-electron chi connectivity index (χ2n) is 7.56. The number of benzene rings is 2. The Balaban J connectivity index is 1.77. The highest BCUT2D eigenvalue weighted by Crippen LogP contribution is 2.53. The van der Waals surface area contributed by atoms with Gasteiger partial charge in [0, 0.05) is 35.9 Å². The Morgan fingerprint density at radius 3 is 1.94 bits per heavy atom. The average Bonchev–Trinajstić information content (AvgIpc) is 3.08. The normalized spacial score (nSPS) is 22.6. The predicted octanol–water partition coefficient (Wildman–Crippen LogP) is 1.03. The van der Waals surface area contributed by atoms with Gasteiger partial charge >= 0.3 is 0 Å². The molecule has 0 aliphatic heterocycles. The lowest BCUT2D eigenvalue weighted by molar-refractivity contribution is -0.536. The van der Waals surface area contributed by atoms with Crippen molar-refractivity contribution in [3.8, 4) is 28.5 Å². The van der Waals surface area contributed by atoms with Crippen LogP contribution in [0.2, 0.25) is 0 Å². The first-order chi connectivity index (χ1) is 14.9. The first-order valence-corrected chi connectivity index (χ1v) is 9.92. The summed E-state index contributed by atoms with van der Waals surface area (Å²) < 4.78 is 17.7. The van der Waals surface area contributed by atoms with Crippen LogP contribution in [0.25, 0.3) is 11.3 Å². The first kappa shape index (κ1) is 21.0. The van der Waals surface area contributed by atoms with E-state index < -0.39 is 24.0 Å². The van der Waals surface area contributed by atoms with Crippen molar-refractivity contribution in [3.05, 3.63) is 53.6 Å². The molecule has 0 bridgehead atoms. The van der Waals surface area contributed by atoms with Crippen molar-refractivity contribution < 1.29 is 24.4 Å². The molecule has 2 unspecified atom stereocenters. The third-order valence-corrected chi connectivity index (χ3v) is 6.01. The summed E-state index contributed by atoms with van der Waals surface area (Å²) in [6, 6.07) is 12.7. The van der Waals surface area contributed by atoms with Crippen LogP contribution < -0.4 is 30.2 Å². The smallest absolute Gasteiger partial charge is 0.129 e. The molecule has 1 aromatic heterocycles. The van der Waals surface area contributed by atoms with Gasteiger partial charge in [0.25, 0.3) is 0 Å². The van der Waals surface area contributed by atoms with Crippen molar-refractivity contribution in [1.29, 1.82) is 0 Å². The van der Waals surface area contributed by atoms with Crippen LogP contribution in [0.4, 0.5) is 5.82 Å². The van der Waals surface area contributed by atoms with E-state index in [1.807, 2.05) is 30.3 Å². The number of nitrogen functional groups attached to an aromatic ring is 1. The molecule has 1 saturated carbocycles. The minimum atomic E-state index is -1.23. The molecule has 1 aliphatic rings. The molecule has 1 heterocycles. The summed E-state index contributed by atoms with van der Waals surface area (Å²) in [5, 5.41) is 31.4. The molecule has 8 heteroatoms. The molecule has 8 nitrogen and oxygen atoms in total. The second-order valence-corrected chi connectivity index (χ2v) is 7.56. The molecule has 0 spiro atoms. The lowest BCUT2D eigenvalue weighted by Crippen LogP contribution is -2.63. The number of nitrogens with two attached hydrogens (primary N) is 1. The molecular weight excluding hydrogens is 398 g/mol. The van der Waals surface area contributed by atoms with E-state index in [-0.39, 0.29) is 0 Å². The van der Waals surface area contributed by atoms with Crippen LogP contribution in [0, 0.1) is 0 Å². The molecule has 1 fully saturated rings. The zero-order valence-corrected chi connectivity index (χ0v) is 17.9. The third-order valence-electron chi connectivity index (χ3n) is 6.01. The van der Waals surface area contributed by atoms with Crippen molar-refractivity contribution in [3.63, 3.8) is 0 Å². The first-order valence-electron chi connectivity index (χ1n) is 9.92. The SMILES string of the molecule is COc1cc(OC)c(C2C([O-])C(c3c(-c4ccccc4)nn(C)c3N)C2[O-])c(OC)c1. The van der Waals surface area contributed by atoms with Gasteiger partial charge in [0.1, 0.15) is 23.1 Å². The summed E-state index contributed by atoms with van der Waals surface area (Å²) in [5.41, 5.74) is 8.62. The van der Waals surface area contributed by atoms with Crippen molar-refractivity contribution in [2.75, 3.05) is 27.1 Å². The maximum Gasteiger partial charge on any atom is 0.129 e. The molecule has 0 radical (unpaired) electrons. The van der Waals surface area contributed by atoms with Crippen LogP contribution in [-0.2, 0) is 7.05 Å². The highest BCUT2D eigenvalue weighted by Gasteiger charge is 2.44. The Morgan fingerprint density at radius 1 is 0.871 bits per heavy atom. The fourth-order valence-corrected chi connectivity index (χ4v) is 4.38. The highest BCUT2D eigenvalue weighted by molar-refractivity contribution is 5.71. The van der Waals surface area contributed by atoms with Crippen molar-refractivity contribution in [2.45, 2.75) is 24.0 Å². The average molecular weight is 423 g/mol. The topological polar surface area (TPSA) is 118 Å². The summed E-state index contributed by atoms with van der Waals surface area (Å²) >= 11 is 0. The zero-order chi connectivity index (χ0) is 22.3. The summed E-state index contributed by atoms with van der Waals surface area (Å²) in [6.07, 6.45) is -2.46. The van der Waals surface area contributed by atoms with Gasteiger partial charge in [-0.1, -0.05) is 30.3 Å². The maximum absolute atomic E-state index is 13.5. The minimum absolute atomic E-state index is 0.331. The Hall–Kier alpha value is -3.23. The zero-order valence-electron chi connectivity index (χ0n) is 17.9. The number of methoxy groups -OCH3 is 3. The number of anilines is 1. The number of aromatic nitrogens is 2. The second kappa shape index (κ2) is 8.13. The van der Waals surface area contributed by atoms with Gasteiger partial charge in [-0.05, 0) is 11.8 Å². The van der Waals surface area contributed by atoms with Crippen LogP contribution in [0.3, 0.4) is 0 Å². The summed E-state index contributed by atoms with van der Waals surface area (Å²) in [5.74, 6) is -0.0409. The van der Waals surface area contributed by atoms with Crippen molar-refractivity contribution >= 4 is 5.82 Å². The van der Waals surface area contributed by atoms with Crippen LogP contribution >= 0.6 is 0 Å². The predicted molar refractivity (Wildman–Crippen MR) is 112 cm³/mol. The summed E-state index contributed by atoms with van der Waals surface area (Å²) in [6.45, 7) is 0. The number of ether oxygens (including phenoxy) is 3. The van der Waals surface area contributed by atoms with Gasteiger partial charge in [-0.25, -0.2) is 0 Å². The van der Waals surface area contributed by atoms with Gasteiger partial charge in [0.2, 0.25) is 0 Å². The lowest BCUT2D eigenvalue weighted by Gasteiger charge is -2.61. The Morgan fingerprint density at radius 2 is 1.42 bits per heavy atom. The molecule has 2 N–H and O–H groups in total. The van der Waals surface area contributed by atoms with Crippen LogP contribution in [-0.4, -0.2) is 43.3 Å². The number of hydrogen-bond acceptors (Lipinski definition) is 7. The van der Waals surface area contributed by atoms with Gasteiger partial charge in [-0.3, -0.25) is 4.68 Å². The largest absolute Gasteiger partial charge is 0.851 e. The summed E-state index contributed by atoms with van der Waals surface area (Å²) in [4.78, 5) is 0. The van der Waals surface area contributed by atoms with E-state index in [9.17, 15) is 10.2 Å². The molecule has 3 aromatic rings. The van der Waals surface area contributed by atoms with Crippen LogP contribution in [0.1, 0.15) is 23.0 Å². The standard InChI is InChI=1S/C23H25N3O5/c1-26-23(24)17(20(25-26)12-8-6-5-7-9-12)19-21(27)18(22(19)28)16-14(30-3)10-13(29-2)11-15(16)31-4/h5-11,18-19,21-22H,24H2,1-4H3/q-2. The van der Waals surface area contributed by atoms with E-state index in [0.717, 1.165) is 5.56 Å². The number of rotatable bonds is 6. The molecule has 1 aliphatic carbocycles. The number of hydrogen-bond donors (Lipinski definition) is 1. The Bertz CT molecular complexity index is 1050. The monoisotopic (exact) mass is 423 g/mol. The highest BCUT2D eigenvalue weighted by atomic mass is 16.5. The number of aryl methyl sites for hydroxylation is 1. The quantitative estimate of drug-likeness (QED) is 0.629. The maximum atomic E-state index is 13.5. The molecule has 164 valence electrons. The molecule has 31 heavy (non-hydrogen) atoms. The van der Waals surface area contributed by atoms with E-state index in [1.54, 1.807) is 19.2 Å². The van der Waals surface area contributed by atoms with E-state index in [1.165, 1.54) is 26.0 Å². The van der Waals surface area contributed by atoms with Crippen LogP contribution in [0.15, 0.2) is 42.5 Å². The van der Waals surface area contributed by atoms with E-state index in [0.29, 0.717) is 39.9 Å². The van der Waals surface area contributed by atoms with Crippen molar-refractivity contribution in [2.24, 2.45) is 7.05 Å². The fraction of sp³-hybridized carbons (Fsp3) is 0.348. The van der Waals surface area contributed by atoms with Gasteiger partial charge in [0.05, 0.1) is 27.0 Å². The van der Waals surface area contributed by atoms with E-state index in [4.69, 9.17) is 19.9 Å². The molecule has 4 rings (SSSR count). The van der Waals surface area contributed by atoms with Gasteiger partial charge in [-0.15, -0.1) is 12.2 Å². The third kappa shape index (κ3) is 3.28. The van der Waals surface area contributed by atoms with Crippen LogP contribution in [0.5, 0.6) is 17.2 Å². The van der Waals surface area contributed by atoms with Crippen molar-refractivity contribution in [1.82, 2.24) is 9.78 Å². The molecule has 2 atom stereocenters. The van der Waals surface area contributed by atoms with E-state index >= 15 is 0 Å². The molecular formula is C23H25N3O5-2. The molecule has 0 saturated heterocycles. The van der Waals surface area contributed by atoms with E-state index in [2.05, 4.69) is 5.10 Å².